The first kappa shape index (κ1) is 17.0. The second kappa shape index (κ2) is 6.23. The molecule has 130 valence electrons. The predicted molar refractivity (Wildman–Crippen MR) is 93.3 cm³/mol. The standard InChI is InChI=1S/C17H23N3O3S/c1-10-6-5-7-14(12(10)3)20-24(21,22)17-9-16(23-13(17)4)15-8-11(2)18-19-15/h5-7,9,11,15,18-20H,8H2,1-4H3. The predicted octanol–water partition coefficient (Wildman–Crippen LogP) is 2.93. The molecule has 1 fully saturated rings. The Balaban J connectivity index is 1.90. The number of hydrogen-bond acceptors (Lipinski definition) is 5. The maximum absolute atomic E-state index is 12.8. The van der Waals surface area contributed by atoms with Crippen molar-refractivity contribution >= 4 is 15.7 Å². The van der Waals surface area contributed by atoms with Crippen LogP contribution in [0.2, 0.25) is 0 Å². The van der Waals surface area contributed by atoms with Gasteiger partial charge in [0.05, 0.1) is 11.7 Å². The molecule has 0 aliphatic carbocycles. The Kier molecular flexibility index (Phi) is 4.42. The fourth-order valence-corrected chi connectivity index (χ4v) is 4.20. The molecule has 1 aliphatic rings. The van der Waals surface area contributed by atoms with Crippen molar-refractivity contribution in [2.24, 2.45) is 0 Å². The van der Waals surface area contributed by atoms with Crippen LogP contribution in [0.25, 0.3) is 0 Å². The van der Waals surface area contributed by atoms with E-state index < -0.39 is 10.0 Å². The van der Waals surface area contributed by atoms with E-state index in [1.54, 1.807) is 19.1 Å². The summed E-state index contributed by atoms with van der Waals surface area (Å²) >= 11 is 0. The van der Waals surface area contributed by atoms with E-state index in [1.165, 1.54) is 0 Å². The Hall–Kier alpha value is -1.83. The Bertz CT molecular complexity index is 858. The van der Waals surface area contributed by atoms with Crippen LogP contribution < -0.4 is 15.6 Å². The lowest BCUT2D eigenvalue weighted by molar-refractivity contribution is 0.416. The summed E-state index contributed by atoms with van der Waals surface area (Å²) in [6.45, 7) is 7.58. The summed E-state index contributed by atoms with van der Waals surface area (Å²) in [5.74, 6) is 1.02. The van der Waals surface area contributed by atoms with Gasteiger partial charge in [-0.25, -0.2) is 13.8 Å². The molecule has 1 aliphatic heterocycles. The third-order valence-electron chi connectivity index (χ3n) is 4.47. The van der Waals surface area contributed by atoms with Crippen molar-refractivity contribution in [3.05, 3.63) is 46.9 Å². The quantitative estimate of drug-likeness (QED) is 0.790. The number of rotatable bonds is 4. The highest BCUT2D eigenvalue weighted by molar-refractivity contribution is 7.92. The highest BCUT2D eigenvalue weighted by Crippen LogP contribution is 2.30. The van der Waals surface area contributed by atoms with E-state index >= 15 is 0 Å². The third kappa shape index (κ3) is 3.19. The first-order valence-electron chi connectivity index (χ1n) is 7.98. The van der Waals surface area contributed by atoms with Gasteiger partial charge in [0.25, 0.3) is 10.0 Å². The van der Waals surface area contributed by atoms with Crippen LogP contribution >= 0.6 is 0 Å². The summed E-state index contributed by atoms with van der Waals surface area (Å²) in [5.41, 5.74) is 8.78. The molecule has 1 saturated heterocycles. The molecule has 2 aromatic rings. The van der Waals surface area contributed by atoms with Gasteiger partial charge >= 0.3 is 0 Å². The summed E-state index contributed by atoms with van der Waals surface area (Å²) < 4.78 is 33.9. The summed E-state index contributed by atoms with van der Waals surface area (Å²) in [4.78, 5) is 0.180. The van der Waals surface area contributed by atoms with Gasteiger partial charge in [0.2, 0.25) is 0 Å². The van der Waals surface area contributed by atoms with E-state index in [1.807, 2.05) is 26.0 Å². The molecule has 2 unspecified atom stereocenters. The van der Waals surface area contributed by atoms with Gasteiger partial charge in [0.1, 0.15) is 16.4 Å². The van der Waals surface area contributed by atoms with Gasteiger partial charge in [-0.05, 0) is 51.3 Å². The van der Waals surface area contributed by atoms with Crippen LogP contribution in [0.4, 0.5) is 5.69 Å². The van der Waals surface area contributed by atoms with Crippen LogP contribution in [-0.4, -0.2) is 14.5 Å². The van der Waals surface area contributed by atoms with Gasteiger partial charge in [-0.1, -0.05) is 12.1 Å². The van der Waals surface area contributed by atoms with Gasteiger partial charge in [-0.3, -0.25) is 10.1 Å². The number of nitrogens with one attached hydrogen (secondary N) is 3. The van der Waals surface area contributed by atoms with Gasteiger partial charge in [0, 0.05) is 12.1 Å². The molecular formula is C17H23N3O3S. The van der Waals surface area contributed by atoms with E-state index in [4.69, 9.17) is 4.42 Å². The summed E-state index contributed by atoms with van der Waals surface area (Å²) in [7, 11) is -3.70. The highest BCUT2D eigenvalue weighted by Gasteiger charge is 2.29. The van der Waals surface area contributed by atoms with Crippen LogP contribution in [0.1, 0.15) is 42.0 Å². The number of hydrogen-bond donors (Lipinski definition) is 3. The zero-order chi connectivity index (χ0) is 17.5. The topological polar surface area (TPSA) is 83.4 Å². The summed E-state index contributed by atoms with van der Waals surface area (Å²) in [6, 6.07) is 7.45. The minimum atomic E-state index is -3.70. The Morgan fingerprint density at radius 2 is 1.96 bits per heavy atom. The molecule has 6 nitrogen and oxygen atoms in total. The number of furan rings is 1. The van der Waals surface area contributed by atoms with Crippen molar-refractivity contribution in [1.82, 2.24) is 10.9 Å². The molecule has 0 bridgehead atoms. The maximum atomic E-state index is 12.8. The Labute approximate surface area is 142 Å². The fraction of sp³-hybridized carbons (Fsp3) is 0.412. The molecule has 0 radical (unpaired) electrons. The molecular weight excluding hydrogens is 326 g/mol. The Morgan fingerprint density at radius 3 is 2.62 bits per heavy atom. The van der Waals surface area contributed by atoms with Crippen LogP contribution in [-0.2, 0) is 10.0 Å². The van der Waals surface area contributed by atoms with E-state index in [9.17, 15) is 8.42 Å². The minimum Gasteiger partial charge on any atom is -0.463 e. The number of sulfonamides is 1. The van der Waals surface area contributed by atoms with Crippen molar-refractivity contribution in [2.45, 2.75) is 51.1 Å². The molecule has 2 heterocycles. The lowest BCUT2D eigenvalue weighted by Gasteiger charge is -2.11. The van der Waals surface area contributed by atoms with Crippen LogP contribution in [0.15, 0.2) is 33.6 Å². The molecule has 1 aromatic heterocycles. The number of anilines is 1. The monoisotopic (exact) mass is 349 g/mol. The SMILES string of the molecule is Cc1cccc(NS(=O)(=O)c2cc(C3CC(C)NN3)oc2C)c1C. The third-order valence-corrected chi connectivity index (χ3v) is 5.94. The maximum Gasteiger partial charge on any atom is 0.265 e. The van der Waals surface area contributed by atoms with Gasteiger partial charge < -0.3 is 4.42 Å². The van der Waals surface area contributed by atoms with Crippen LogP contribution in [0.3, 0.4) is 0 Å². The normalized spacial score (nSPS) is 21.2. The first-order valence-corrected chi connectivity index (χ1v) is 9.46. The fourth-order valence-electron chi connectivity index (χ4n) is 2.89. The number of hydrazine groups is 1. The average molecular weight is 349 g/mol. The number of aryl methyl sites for hydroxylation is 2. The first-order chi connectivity index (χ1) is 11.3. The van der Waals surface area contributed by atoms with Crippen molar-refractivity contribution in [3.8, 4) is 0 Å². The van der Waals surface area contributed by atoms with Crippen molar-refractivity contribution in [3.63, 3.8) is 0 Å². The zero-order valence-corrected chi connectivity index (χ0v) is 15.1. The lowest BCUT2D eigenvalue weighted by atomic mass is 10.1. The minimum absolute atomic E-state index is 0.0247. The molecule has 2 atom stereocenters. The lowest BCUT2D eigenvalue weighted by Crippen LogP contribution is -2.28. The van der Waals surface area contributed by atoms with Gasteiger partial charge in [-0.15, -0.1) is 0 Å². The Morgan fingerprint density at radius 1 is 1.21 bits per heavy atom. The van der Waals surface area contributed by atoms with E-state index in [0.717, 1.165) is 17.5 Å². The molecule has 3 N–H and O–H groups in total. The van der Waals surface area contributed by atoms with Crippen molar-refractivity contribution in [1.29, 1.82) is 0 Å². The molecule has 0 saturated carbocycles. The molecule has 24 heavy (non-hydrogen) atoms. The largest absolute Gasteiger partial charge is 0.463 e. The average Bonchev–Trinajstić information content (AvgIpc) is 3.10. The van der Waals surface area contributed by atoms with E-state index in [0.29, 0.717) is 23.2 Å². The van der Waals surface area contributed by atoms with Gasteiger partial charge in [-0.2, -0.15) is 0 Å². The smallest absolute Gasteiger partial charge is 0.265 e. The second-order valence-corrected chi connectivity index (χ2v) is 8.05. The zero-order valence-electron chi connectivity index (χ0n) is 14.3. The summed E-state index contributed by atoms with van der Waals surface area (Å²) in [6.07, 6.45) is 0.844. The highest BCUT2D eigenvalue weighted by atomic mass is 32.2. The number of benzene rings is 1. The molecule has 7 heteroatoms. The van der Waals surface area contributed by atoms with Crippen molar-refractivity contribution < 1.29 is 12.8 Å². The molecule has 1 aromatic carbocycles. The van der Waals surface area contributed by atoms with Gasteiger partial charge in [0.15, 0.2) is 0 Å². The van der Waals surface area contributed by atoms with E-state index in [2.05, 4.69) is 22.5 Å². The van der Waals surface area contributed by atoms with E-state index in [-0.39, 0.29) is 10.9 Å². The second-order valence-electron chi connectivity index (χ2n) is 6.40. The molecule has 3 rings (SSSR count). The summed E-state index contributed by atoms with van der Waals surface area (Å²) in [5, 5.41) is 0. The van der Waals surface area contributed by atoms with Crippen LogP contribution in [0, 0.1) is 20.8 Å². The molecule has 0 amide bonds. The molecule has 0 spiro atoms. The van der Waals surface area contributed by atoms with Crippen molar-refractivity contribution in [2.75, 3.05) is 4.72 Å². The van der Waals surface area contributed by atoms with Crippen LogP contribution in [0.5, 0.6) is 0 Å².